The largest absolute Gasteiger partial charge is 0.378 e. The van der Waals surface area contributed by atoms with Crippen molar-refractivity contribution in [2.24, 2.45) is 7.05 Å². The van der Waals surface area contributed by atoms with Crippen molar-refractivity contribution in [1.82, 2.24) is 20.0 Å². The summed E-state index contributed by atoms with van der Waals surface area (Å²) in [5.41, 5.74) is 3.69. The van der Waals surface area contributed by atoms with E-state index in [1.165, 1.54) is 17.7 Å². The van der Waals surface area contributed by atoms with E-state index in [1.54, 1.807) is 4.90 Å². The van der Waals surface area contributed by atoms with Gasteiger partial charge in [-0.15, -0.1) is 0 Å². The Hall–Kier alpha value is -1.56. The first kappa shape index (κ1) is 12.5. The van der Waals surface area contributed by atoms with Crippen molar-refractivity contribution < 1.29 is 9.53 Å². The number of rotatable bonds is 2. The van der Waals surface area contributed by atoms with Gasteiger partial charge in [0.05, 0.1) is 31.1 Å². The van der Waals surface area contributed by atoms with Crippen LogP contribution in [0.3, 0.4) is 0 Å². The summed E-state index contributed by atoms with van der Waals surface area (Å²) in [4.78, 5) is 13.8. The Morgan fingerprint density at radius 2 is 2.16 bits per heavy atom. The van der Waals surface area contributed by atoms with Crippen LogP contribution < -0.4 is 5.32 Å². The number of hydrogen-bond donors (Lipinski definition) is 1. The summed E-state index contributed by atoms with van der Waals surface area (Å²) in [6.07, 6.45) is 3.34. The van der Waals surface area contributed by atoms with Crippen molar-refractivity contribution in [2.45, 2.75) is 25.8 Å². The van der Waals surface area contributed by atoms with Gasteiger partial charge in [-0.05, 0) is 24.8 Å². The summed E-state index contributed by atoms with van der Waals surface area (Å²) in [5, 5.41) is 7.51. The van der Waals surface area contributed by atoms with Crippen LogP contribution >= 0.6 is 0 Å². The highest BCUT2D eigenvalue weighted by Crippen LogP contribution is 2.24. The second kappa shape index (κ2) is 5.21. The van der Waals surface area contributed by atoms with Gasteiger partial charge in [0.2, 0.25) is 0 Å². The molecule has 1 aliphatic carbocycles. The van der Waals surface area contributed by atoms with Crippen LogP contribution in [0.1, 0.15) is 23.4 Å². The number of nitrogens with zero attached hydrogens (tertiary/aromatic N) is 3. The fourth-order valence-electron chi connectivity index (χ4n) is 2.84. The number of nitrogens with one attached hydrogen (secondary N) is 1. The molecule has 1 aromatic rings. The summed E-state index contributed by atoms with van der Waals surface area (Å²) >= 11 is 0. The number of morpholine rings is 1. The summed E-state index contributed by atoms with van der Waals surface area (Å²) in [6.45, 7) is 3.18. The molecule has 0 bridgehead atoms. The fourth-order valence-corrected chi connectivity index (χ4v) is 2.84. The zero-order valence-electron chi connectivity index (χ0n) is 11.3. The highest BCUT2D eigenvalue weighted by atomic mass is 16.5. The summed E-state index contributed by atoms with van der Waals surface area (Å²) in [5.74, 6) is 0. The van der Waals surface area contributed by atoms with E-state index in [1.807, 2.05) is 11.7 Å². The molecule has 104 valence electrons. The van der Waals surface area contributed by atoms with Gasteiger partial charge in [-0.2, -0.15) is 5.10 Å². The maximum Gasteiger partial charge on any atom is 0.317 e. The monoisotopic (exact) mass is 264 g/mol. The van der Waals surface area contributed by atoms with E-state index in [4.69, 9.17) is 4.74 Å². The van der Waals surface area contributed by atoms with Crippen LogP contribution in [0.25, 0.3) is 0 Å². The van der Waals surface area contributed by atoms with Crippen molar-refractivity contribution in [3.8, 4) is 0 Å². The molecule has 0 atom stereocenters. The SMILES string of the molecule is Cn1nc2c(c1CNC(=O)N1CCOCC1)CCC2. The Labute approximate surface area is 112 Å². The van der Waals surface area contributed by atoms with Crippen molar-refractivity contribution in [3.05, 3.63) is 17.0 Å². The maximum absolute atomic E-state index is 12.0. The molecule has 2 amide bonds. The topological polar surface area (TPSA) is 59.4 Å². The van der Waals surface area contributed by atoms with Crippen LogP contribution in [0, 0.1) is 0 Å². The molecule has 0 aromatic carbocycles. The fraction of sp³-hybridized carbons (Fsp3) is 0.692. The molecule has 6 nitrogen and oxygen atoms in total. The quantitative estimate of drug-likeness (QED) is 0.843. The van der Waals surface area contributed by atoms with Crippen molar-refractivity contribution in [3.63, 3.8) is 0 Å². The minimum absolute atomic E-state index is 0.00348. The van der Waals surface area contributed by atoms with E-state index in [9.17, 15) is 4.79 Å². The van der Waals surface area contributed by atoms with Gasteiger partial charge in [-0.1, -0.05) is 0 Å². The van der Waals surface area contributed by atoms with E-state index in [0.717, 1.165) is 18.5 Å². The van der Waals surface area contributed by atoms with Crippen molar-refractivity contribution >= 4 is 6.03 Å². The van der Waals surface area contributed by atoms with Gasteiger partial charge in [0.25, 0.3) is 0 Å². The minimum atomic E-state index is -0.00348. The molecule has 19 heavy (non-hydrogen) atoms. The maximum atomic E-state index is 12.0. The lowest BCUT2D eigenvalue weighted by Gasteiger charge is -2.27. The van der Waals surface area contributed by atoms with Crippen LogP contribution in [0.5, 0.6) is 0 Å². The number of urea groups is 1. The average Bonchev–Trinajstić information content (AvgIpc) is 2.98. The number of ether oxygens (including phenoxy) is 1. The second-order valence-electron chi connectivity index (χ2n) is 5.11. The third-order valence-corrected chi connectivity index (χ3v) is 3.90. The van der Waals surface area contributed by atoms with Crippen molar-refractivity contribution in [1.29, 1.82) is 0 Å². The summed E-state index contributed by atoms with van der Waals surface area (Å²) in [6, 6.07) is -0.00348. The molecular weight excluding hydrogens is 244 g/mol. The Kier molecular flexibility index (Phi) is 3.42. The van der Waals surface area contributed by atoms with Crippen LogP contribution in [-0.2, 0) is 31.2 Å². The number of carbonyl (C=O) groups excluding carboxylic acids is 1. The molecule has 0 spiro atoms. The molecule has 3 rings (SSSR count). The average molecular weight is 264 g/mol. The molecule has 1 N–H and O–H groups in total. The van der Waals surface area contributed by atoms with Gasteiger partial charge in [0.1, 0.15) is 0 Å². The van der Waals surface area contributed by atoms with Crippen LogP contribution in [0.15, 0.2) is 0 Å². The van der Waals surface area contributed by atoms with Crippen molar-refractivity contribution in [2.75, 3.05) is 26.3 Å². The zero-order chi connectivity index (χ0) is 13.2. The molecule has 6 heteroatoms. The minimum Gasteiger partial charge on any atom is -0.378 e. The lowest BCUT2D eigenvalue weighted by Crippen LogP contribution is -2.46. The molecule has 1 aliphatic heterocycles. The predicted octanol–water partition coefficient (Wildman–Crippen LogP) is 0.451. The number of amides is 2. The standard InChI is InChI=1S/C13H20N4O2/c1-16-12(10-3-2-4-11(10)15-16)9-14-13(18)17-5-7-19-8-6-17/h2-9H2,1H3,(H,14,18). The van der Waals surface area contributed by atoms with Gasteiger partial charge in [-0.25, -0.2) is 4.79 Å². The first-order chi connectivity index (χ1) is 9.25. The van der Waals surface area contributed by atoms with Crippen LogP contribution in [-0.4, -0.2) is 47.0 Å². The lowest BCUT2D eigenvalue weighted by atomic mass is 10.2. The molecule has 1 aromatic heterocycles. The Morgan fingerprint density at radius 1 is 1.37 bits per heavy atom. The smallest absolute Gasteiger partial charge is 0.317 e. The molecule has 0 radical (unpaired) electrons. The third kappa shape index (κ3) is 2.45. The van der Waals surface area contributed by atoms with E-state index >= 15 is 0 Å². The van der Waals surface area contributed by atoms with Gasteiger partial charge in [0.15, 0.2) is 0 Å². The molecule has 1 fully saturated rings. The van der Waals surface area contributed by atoms with Crippen LogP contribution in [0.4, 0.5) is 4.79 Å². The third-order valence-electron chi connectivity index (χ3n) is 3.90. The number of fused-ring (bicyclic) bond motifs is 1. The first-order valence-electron chi connectivity index (χ1n) is 6.90. The number of aromatic nitrogens is 2. The summed E-state index contributed by atoms with van der Waals surface area (Å²) in [7, 11) is 1.95. The first-order valence-corrected chi connectivity index (χ1v) is 6.90. The lowest BCUT2D eigenvalue weighted by molar-refractivity contribution is 0.0531. The van der Waals surface area contributed by atoms with E-state index in [2.05, 4.69) is 10.4 Å². The molecule has 1 saturated heterocycles. The highest BCUT2D eigenvalue weighted by Gasteiger charge is 2.22. The Balaban J connectivity index is 1.61. The normalized spacial score (nSPS) is 18.5. The second-order valence-corrected chi connectivity index (χ2v) is 5.11. The highest BCUT2D eigenvalue weighted by molar-refractivity contribution is 5.74. The van der Waals surface area contributed by atoms with Crippen LogP contribution in [0.2, 0.25) is 0 Å². The van der Waals surface area contributed by atoms with E-state index in [0.29, 0.717) is 32.8 Å². The molecular formula is C13H20N4O2. The number of carbonyl (C=O) groups is 1. The van der Waals surface area contributed by atoms with E-state index < -0.39 is 0 Å². The Bertz CT molecular complexity index is 477. The van der Waals surface area contributed by atoms with Gasteiger partial charge >= 0.3 is 6.03 Å². The summed E-state index contributed by atoms with van der Waals surface area (Å²) < 4.78 is 7.15. The van der Waals surface area contributed by atoms with Gasteiger partial charge < -0.3 is 15.0 Å². The Morgan fingerprint density at radius 3 is 2.95 bits per heavy atom. The van der Waals surface area contributed by atoms with Gasteiger partial charge in [0, 0.05) is 20.1 Å². The molecule has 0 saturated carbocycles. The predicted molar refractivity (Wildman–Crippen MR) is 69.9 cm³/mol. The van der Waals surface area contributed by atoms with E-state index in [-0.39, 0.29) is 6.03 Å². The number of aryl methyl sites for hydroxylation is 2. The zero-order valence-corrected chi connectivity index (χ0v) is 11.3. The molecule has 2 heterocycles. The molecule has 2 aliphatic rings. The number of hydrogen-bond acceptors (Lipinski definition) is 3. The van der Waals surface area contributed by atoms with Gasteiger partial charge in [-0.3, -0.25) is 4.68 Å². The molecule has 0 unspecified atom stereocenters.